The van der Waals surface area contributed by atoms with Crippen LogP contribution in [0, 0.1) is 0 Å². The molecule has 0 aromatic heterocycles. The molecule has 0 saturated carbocycles. The van der Waals surface area contributed by atoms with Crippen LogP contribution in [0.25, 0.3) is 0 Å². The molecule has 4 aromatic carbocycles. The molecule has 242 valence electrons. The molecule has 1 atom stereocenters. The first-order valence-electron chi connectivity index (χ1n) is 14.6. The SMILES string of the molecule is COc1ccc(S(=O)(=O)N(CC(=O)N(Cc2cccc(Br)c2)C(Cc2ccccc2)C(=O)NC(C)(C)C)c2ccc(Cl)cc2)cc1. The van der Waals surface area contributed by atoms with Gasteiger partial charge in [0.2, 0.25) is 11.8 Å². The van der Waals surface area contributed by atoms with E-state index in [-0.39, 0.29) is 29.5 Å². The van der Waals surface area contributed by atoms with Gasteiger partial charge in [-0.05, 0) is 92.6 Å². The number of hydrogen-bond donors (Lipinski definition) is 1. The lowest BCUT2D eigenvalue weighted by Gasteiger charge is -2.35. The lowest BCUT2D eigenvalue weighted by Crippen LogP contribution is -2.56. The minimum absolute atomic E-state index is 0.0269. The number of amides is 2. The molecule has 46 heavy (non-hydrogen) atoms. The van der Waals surface area contributed by atoms with Crippen molar-refractivity contribution in [3.8, 4) is 5.75 Å². The monoisotopic (exact) mass is 725 g/mol. The van der Waals surface area contributed by atoms with E-state index >= 15 is 0 Å². The highest BCUT2D eigenvalue weighted by molar-refractivity contribution is 9.10. The third kappa shape index (κ3) is 9.34. The van der Waals surface area contributed by atoms with Gasteiger partial charge in [-0.2, -0.15) is 0 Å². The molecule has 0 spiro atoms. The Morgan fingerprint density at radius 2 is 1.52 bits per heavy atom. The maximum absolute atomic E-state index is 14.5. The largest absolute Gasteiger partial charge is 0.497 e. The number of methoxy groups -OCH3 is 1. The summed E-state index contributed by atoms with van der Waals surface area (Å²) in [5, 5.41) is 3.44. The number of nitrogens with zero attached hydrogens (tertiary/aromatic N) is 2. The predicted octanol–water partition coefficient (Wildman–Crippen LogP) is 6.86. The summed E-state index contributed by atoms with van der Waals surface area (Å²) in [6.07, 6.45) is 0.217. The molecule has 0 aliphatic heterocycles. The van der Waals surface area contributed by atoms with Gasteiger partial charge in [-0.3, -0.25) is 13.9 Å². The summed E-state index contributed by atoms with van der Waals surface area (Å²) in [5.74, 6) is -0.422. The Kier molecular flexibility index (Phi) is 11.5. The highest BCUT2D eigenvalue weighted by atomic mass is 79.9. The van der Waals surface area contributed by atoms with E-state index in [2.05, 4.69) is 21.2 Å². The zero-order chi connectivity index (χ0) is 33.5. The molecular formula is C35H37BrClN3O5S. The van der Waals surface area contributed by atoms with Crippen LogP contribution >= 0.6 is 27.5 Å². The van der Waals surface area contributed by atoms with Crippen molar-refractivity contribution in [1.82, 2.24) is 10.2 Å². The molecule has 0 fully saturated rings. The standard InChI is InChI=1S/C35H37BrClN3O5S/c1-35(2,3)38-34(42)32(22-25-9-6-5-7-10-25)39(23-26-11-8-12-27(36)21-26)33(41)24-40(29-15-13-28(37)14-16-29)46(43,44)31-19-17-30(45-4)18-20-31/h5-21,32H,22-24H2,1-4H3,(H,38,42). The van der Waals surface area contributed by atoms with E-state index in [1.165, 1.54) is 24.1 Å². The first-order valence-corrected chi connectivity index (χ1v) is 17.2. The minimum atomic E-state index is -4.25. The first kappa shape index (κ1) is 35.0. The number of carbonyl (C=O) groups excluding carboxylic acids is 2. The molecule has 0 bridgehead atoms. The summed E-state index contributed by atoms with van der Waals surface area (Å²) in [4.78, 5) is 29.9. The van der Waals surface area contributed by atoms with E-state index in [0.717, 1.165) is 19.9 Å². The molecule has 1 N–H and O–H groups in total. The van der Waals surface area contributed by atoms with Crippen LogP contribution in [0.5, 0.6) is 5.75 Å². The number of hydrogen-bond acceptors (Lipinski definition) is 5. The molecule has 0 aliphatic rings. The number of rotatable bonds is 12. The van der Waals surface area contributed by atoms with Crippen molar-refractivity contribution in [1.29, 1.82) is 0 Å². The van der Waals surface area contributed by atoms with Gasteiger partial charge >= 0.3 is 0 Å². The number of ether oxygens (including phenoxy) is 1. The highest BCUT2D eigenvalue weighted by Crippen LogP contribution is 2.28. The van der Waals surface area contributed by atoms with E-state index in [1.54, 1.807) is 36.4 Å². The van der Waals surface area contributed by atoms with Gasteiger partial charge in [0.15, 0.2) is 0 Å². The molecule has 0 aliphatic carbocycles. The molecule has 4 aromatic rings. The van der Waals surface area contributed by atoms with Gasteiger partial charge in [0.25, 0.3) is 10.0 Å². The van der Waals surface area contributed by atoms with Crippen LogP contribution in [0.15, 0.2) is 112 Å². The number of nitrogens with one attached hydrogen (secondary N) is 1. The van der Waals surface area contributed by atoms with E-state index in [9.17, 15) is 18.0 Å². The normalized spacial score (nSPS) is 12.2. The van der Waals surface area contributed by atoms with E-state index in [1.807, 2.05) is 75.4 Å². The van der Waals surface area contributed by atoms with Gasteiger partial charge in [-0.1, -0.05) is 70.0 Å². The van der Waals surface area contributed by atoms with E-state index < -0.39 is 34.1 Å². The van der Waals surface area contributed by atoms with Crippen molar-refractivity contribution in [3.63, 3.8) is 0 Å². The second-order valence-corrected chi connectivity index (χ2v) is 15.0. The summed E-state index contributed by atoms with van der Waals surface area (Å²) in [5.41, 5.74) is 1.28. The van der Waals surface area contributed by atoms with Crippen LogP contribution in [-0.2, 0) is 32.6 Å². The Bertz CT molecular complexity index is 1750. The fourth-order valence-electron chi connectivity index (χ4n) is 4.85. The minimum Gasteiger partial charge on any atom is -0.497 e. The van der Waals surface area contributed by atoms with Gasteiger partial charge in [-0.15, -0.1) is 0 Å². The Morgan fingerprint density at radius 3 is 2.11 bits per heavy atom. The second-order valence-electron chi connectivity index (χ2n) is 11.8. The average molecular weight is 727 g/mol. The van der Waals surface area contributed by atoms with E-state index in [0.29, 0.717) is 10.8 Å². The van der Waals surface area contributed by atoms with Crippen molar-refractivity contribution in [2.45, 2.75) is 50.2 Å². The zero-order valence-corrected chi connectivity index (χ0v) is 29.3. The molecule has 0 radical (unpaired) electrons. The number of carbonyl (C=O) groups is 2. The Morgan fingerprint density at radius 1 is 0.891 bits per heavy atom. The second kappa shape index (κ2) is 15.2. The van der Waals surface area contributed by atoms with Crippen LogP contribution in [0.4, 0.5) is 5.69 Å². The fourth-order valence-corrected chi connectivity index (χ4v) is 6.84. The third-order valence-electron chi connectivity index (χ3n) is 7.05. The Balaban J connectivity index is 1.81. The molecule has 1 unspecified atom stereocenters. The van der Waals surface area contributed by atoms with Gasteiger partial charge < -0.3 is 15.0 Å². The zero-order valence-electron chi connectivity index (χ0n) is 26.1. The summed E-state index contributed by atoms with van der Waals surface area (Å²) in [7, 11) is -2.76. The number of anilines is 1. The highest BCUT2D eigenvalue weighted by Gasteiger charge is 2.35. The smallest absolute Gasteiger partial charge is 0.264 e. The van der Waals surface area contributed by atoms with Gasteiger partial charge in [-0.25, -0.2) is 8.42 Å². The number of halogens is 2. The third-order valence-corrected chi connectivity index (χ3v) is 9.59. The van der Waals surface area contributed by atoms with Crippen LogP contribution in [-0.4, -0.2) is 50.4 Å². The average Bonchev–Trinajstić information content (AvgIpc) is 3.01. The molecule has 2 amide bonds. The van der Waals surface area contributed by atoms with Crippen molar-refractivity contribution in [3.05, 3.63) is 124 Å². The van der Waals surface area contributed by atoms with Crippen LogP contribution in [0.2, 0.25) is 5.02 Å². The summed E-state index contributed by atoms with van der Waals surface area (Å²) in [6.45, 7) is 5.10. The molecule has 11 heteroatoms. The molecular weight excluding hydrogens is 690 g/mol. The summed E-state index contributed by atoms with van der Waals surface area (Å²) in [6, 6.07) is 28.1. The maximum Gasteiger partial charge on any atom is 0.264 e. The fraction of sp³-hybridized carbons (Fsp3) is 0.257. The summed E-state index contributed by atoms with van der Waals surface area (Å²) < 4.78 is 35.4. The lowest BCUT2D eigenvalue weighted by atomic mass is 10.0. The van der Waals surface area contributed by atoms with Crippen molar-refractivity contribution >= 4 is 55.1 Å². The molecule has 8 nitrogen and oxygen atoms in total. The van der Waals surface area contributed by atoms with Gasteiger partial charge in [0.1, 0.15) is 18.3 Å². The summed E-state index contributed by atoms with van der Waals surface area (Å²) >= 11 is 9.64. The lowest BCUT2D eigenvalue weighted by molar-refractivity contribution is -0.140. The predicted molar refractivity (Wildman–Crippen MR) is 185 cm³/mol. The van der Waals surface area contributed by atoms with Crippen molar-refractivity contribution in [2.75, 3.05) is 18.0 Å². The van der Waals surface area contributed by atoms with Crippen molar-refractivity contribution < 1.29 is 22.7 Å². The Labute approximate surface area is 284 Å². The Hall–Kier alpha value is -3.86. The quantitative estimate of drug-likeness (QED) is 0.172. The van der Waals surface area contributed by atoms with Gasteiger partial charge in [0, 0.05) is 28.0 Å². The molecule has 4 rings (SSSR count). The van der Waals surface area contributed by atoms with Crippen LogP contribution in [0.3, 0.4) is 0 Å². The maximum atomic E-state index is 14.5. The number of sulfonamides is 1. The molecule has 0 heterocycles. The van der Waals surface area contributed by atoms with Gasteiger partial charge in [0.05, 0.1) is 17.7 Å². The van der Waals surface area contributed by atoms with Crippen molar-refractivity contribution in [2.24, 2.45) is 0 Å². The first-order chi connectivity index (χ1) is 21.8. The van der Waals surface area contributed by atoms with Crippen LogP contribution in [0.1, 0.15) is 31.9 Å². The molecule has 0 saturated heterocycles. The number of benzene rings is 4. The van der Waals surface area contributed by atoms with Crippen LogP contribution < -0.4 is 14.4 Å². The van der Waals surface area contributed by atoms with E-state index in [4.69, 9.17) is 16.3 Å². The topological polar surface area (TPSA) is 96.0 Å².